The molecule has 21 heavy (non-hydrogen) atoms. The highest BCUT2D eigenvalue weighted by molar-refractivity contribution is 5.46. The number of alkyl halides is 3. The molecule has 0 heterocycles. The molecular formula is C14H21F3N2O2. The number of aliphatic hydroxyl groups excluding tert-OH is 1. The van der Waals surface area contributed by atoms with Crippen molar-refractivity contribution in [3.05, 3.63) is 24.3 Å². The van der Waals surface area contributed by atoms with Crippen LogP contribution < -0.4 is 10.1 Å². The standard InChI is InChI=1S/C14H21F3N2O2/c1-3-19(4-2)10-12(20)9-18-11-5-7-13(8-6-11)21-14(15,16)17/h5-8,12,18,20H,3-4,9-10H2,1-2H3. The first-order valence-corrected chi connectivity index (χ1v) is 6.84. The maximum absolute atomic E-state index is 12.0. The van der Waals surface area contributed by atoms with Gasteiger partial charge in [-0.15, -0.1) is 13.2 Å². The van der Waals surface area contributed by atoms with Crippen molar-refractivity contribution in [1.29, 1.82) is 0 Å². The molecule has 0 aliphatic rings. The molecular weight excluding hydrogens is 285 g/mol. The van der Waals surface area contributed by atoms with Gasteiger partial charge in [0, 0.05) is 18.8 Å². The van der Waals surface area contributed by atoms with Crippen molar-refractivity contribution in [2.75, 3.05) is 31.5 Å². The van der Waals surface area contributed by atoms with Crippen LogP contribution in [-0.4, -0.2) is 48.7 Å². The molecule has 4 nitrogen and oxygen atoms in total. The molecule has 1 aromatic rings. The van der Waals surface area contributed by atoms with Crippen LogP contribution in [0.1, 0.15) is 13.8 Å². The Bertz CT molecular complexity index is 406. The Balaban J connectivity index is 2.42. The number of nitrogens with one attached hydrogen (secondary N) is 1. The smallest absolute Gasteiger partial charge is 0.406 e. The number of halogens is 3. The van der Waals surface area contributed by atoms with Gasteiger partial charge in [0.15, 0.2) is 0 Å². The van der Waals surface area contributed by atoms with Gasteiger partial charge in [0.05, 0.1) is 6.10 Å². The van der Waals surface area contributed by atoms with Gasteiger partial charge < -0.3 is 20.1 Å². The van der Waals surface area contributed by atoms with Crippen LogP contribution >= 0.6 is 0 Å². The lowest BCUT2D eigenvalue weighted by Crippen LogP contribution is -2.35. The summed E-state index contributed by atoms with van der Waals surface area (Å²) in [4.78, 5) is 2.09. The molecule has 0 aliphatic heterocycles. The minimum atomic E-state index is -4.69. The minimum absolute atomic E-state index is 0.267. The van der Waals surface area contributed by atoms with E-state index in [4.69, 9.17) is 0 Å². The average molecular weight is 306 g/mol. The molecule has 0 bridgehead atoms. The van der Waals surface area contributed by atoms with Gasteiger partial charge in [0.25, 0.3) is 0 Å². The fraction of sp³-hybridized carbons (Fsp3) is 0.571. The Hall–Kier alpha value is -1.47. The molecule has 120 valence electrons. The minimum Gasteiger partial charge on any atom is -0.406 e. The first kappa shape index (κ1) is 17.6. The third-order valence-corrected chi connectivity index (χ3v) is 2.99. The molecule has 1 rings (SSSR count). The van der Waals surface area contributed by atoms with Crippen LogP contribution in [0.3, 0.4) is 0 Å². The van der Waals surface area contributed by atoms with Crippen molar-refractivity contribution >= 4 is 5.69 Å². The summed E-state index contributed by atoms with van der Waals surface area (Å²) in [7, 11) is 0. The highest BCUT2D eigenvalue weighted by atomic mass is 19.4. The molecule has 0 spiro atoms. The van der Waals surface area contributed by atoms with Gasteiger partial charge in [-0.2, -0.15) is 0 Å². The van der Waals surface area contributed by atoms with Crippen molar-refractivity contribution in [3.63, 3.8) is 0 Å². The van der Waals surface area contributed by atoms with Gasteiger partial charge in [-0.3, -0.25) is 0 Å². The number of nitrogens with zero attached hydrogens (tertiary/aromatic N) is 1. The second-order valence-corrected chi connectivity index (χ2v) is 4.59. The largest absolute Gasteiger partial charge is 0.573 e. The van der Waals surface area contributed by atoms with Crippen LogP contribution in [0.2, 0.25) is 0 Å². The summed E-state index contributed by atoms with van der Waals surface area (Å²) < 4.78 is 39.8. The van der Waals surface area contributed by atoms with E-state index in [1.807, 2.05) is 13.8 Å². The Morgan fingerprint density at radius 1 is 1.19 bits per heavy atom. The third kappa shape index (κ3) is 7.19. The van der Waals surface area contributed by atoms with E-state index in [9.17, 15) is 18.3 Å². The molecule has 0 aromatic heterocycles. The monoisotopic (exact) mass is 306 g/mol. The van der Waals surface area contributed by atoms with Gasteiger partial charge in [-0.05, 0) is 37.4 Å². The van der Waals surface area contributed by atoms with E-state index in [2.05, 4.69) is 15.0 Å². The molecule has 0 fully saturated rings. The zero-order chi connectivity index (χ0) is 15.9. The van der Waals surface area contributed by atoms with E-state index in [0.717, 1.165) is 13.1 Å². The van der Waals surface area contributed by atoms with E-state index in [0.29, 0.717) is 18.8 Å². The molecule has 0 saturated carbocycles. The van der Waals surface area contributed by atoms with Crippen LogP contribution in [-0.2, 0) is 0 Å². The summed E-state index contributed by atoms with van der Waals surface area (Å²) in [6, 6.07) is 5.41. The molecule has 0 aliphatic carbocycles. The van der Waals surface area contributed by atoms with E-state index < -0.39 is 12.5 Å². The molecule has 1 aromatic carbocycles. The maximum Gasteiger partial charge on any atom is 0.573 e. The topological polar surface area (TPSA) is 44.7 Å². The van der Waals surface area contributed by atoms with Crippen molar-refractivity contribution in [3.8, 4) is 5.75 Å². The Morgan fingerprint density at radius 2 is 1.76 bits per heavy atom. The van der Waals surface area contributed by atoms with Crippen LogP contribution in [0, 0.1) is 0 Å². The Labute approximate surface area is 122 Å². The highest BCUT2D eigenvalue weighted by Crippen LogP contribution is 2.23. The zero-order valence-electron chi connectivity index (χ0n) is 12.2. The molecule has 2 N–H and O–H groups in total. The van der Waals surface area contributed by atoms with Gasteiger partial charge in [0.2, 0.25) is 0 Å². The normalized spacial score (nSPS) is 13.3. The lowest BCUT2D eigenvalue weighted by molar-refractivity contribution is -0.274. The summed E-state index contributed by atoms with van der Waals surface area (Å²) in [5, 5.41) is 12.8. The number of hydrogen-bond donors (Lipinski definition) is 2. The lowest BCUT2D eigenvalue weighted by atomic mass is 10.2. The van der Waals surface area contributed by atoms with Crippen LogP contribution in [0.5, 0.6) is 5.75 Å². The Kier molecular flexibility index (Phi) is 6.77. The number of benzene rings is 1. The molecule has 1 unspecified atom stereocenters. The third-order valence-electron chi connectivity index (χ3n) is 2.99. The number of likely N-dealkylation sites (N-methyl/N-ethyl adjacent to an activating group) is 1. The van der Waals surface area contributed by atoms with Crippen molar-refractivity contribution in [2.24, 2.45) is 0 Å². The lowest BCUT2D eigenvalue weighted by Gasteiger charge is -2.22. The van der Waals surface area contributed by atoms with Gasteiger partial charge in [-0.25, -0.2) is 0 Å². The fourth-order valence-electron chi connectivity index (χ4n) is 1.85. The predicted octanol–water partition coefficient (Wildman–Crippen LogP) is 2.70. The van der Waals surface area contributed by atoms with Gasteiger partial charge >= 0.3 is 6.36 Å². The molecule has 1 atom stereocenters. The van der Waals surface area contributed by atoms with Gasteiger partial charge in [0.1, 0.15) is 5.75 Å². The predicted molar refractivity (Wildman–Crippen MR) is 75.4 cm³/mol. The summed E-state index contributed by atoms with van der Waals surface area (Å²) >= 11 is 0. The second kappa shape index (κ2) is 8.09. The summed E-state index contributed by atoms with van der Waals surface area (Å²) in [5.74, 6) is -0.267. The van der Waals surface area contributed by atoms with Crippen LogP contribution in [0.25, 0.3) is 0 Å². The fourth-order valence-corrected chi connectivity index (χ4v) is 1.85. The van der Waals surface area contributed by atoms with E-state index >= 15 is 0 Å². The van der Waals surface area contributed by atoms with E-state index in [1.54, 1.807) is 0 Å². The first-order chi connectivity index (χ1) is 9.84. The zero-order valence-corrected chi connectivity index (χ0v) is 12.2. The average Bonchev–Trinajstić information content (AvgIpc) is 2.42. The van der Waals surface area contributed by atoms with Gasteiger partial charge in [-0.1, -0.05) is 13.8 Å². The van der Waals surface area contributed by atoms with E-state index in [1.165, 1.54) is 24.3 Å². The number of ether oxygens (including phenoxy) is 1. The first-order valence-electron chi connectivity index (χ1n) is 6.84. The summed E-state index contributed by atoms with van der Waals surface area (Å²) in [6.45, 7) is 6.63. The number of hydrogen-bond acceptors (Lipinski definition) is 4. The number of aliphatic hydroxyl groups is 1. The number of rotatable bonds is 8. The number of anilines is 1. The molecule has 0 radical (unpaired) electrons. The van der Waals surface area contributed by atoms with Crippen molar-refractivity contribution < 1.29 is 23.0 Å². The molecule has 7 heteroatoms. The second-order valence-electron chi connectivity index (χ2n) is 4.59. The maximum atomic E-state index is 12.0. The van der Waals surface area contributed by atoms with E-state index in [-0.39, 0.29) is 5.75 Å². The highest BCUT2D eigenvalue weighted by Gasteiger charge is 2.30. The summed E-state index contributed by atoms with van der Waals surface area (Å²) in [6.07, 6.45) is -5.23. The Morgan fingerprint density at radius 3 is 2.24 bits per heavy atom. The SMILES string of the molecule is CCN(CC)CC(O)CNc1ccc(OC(F)(F)F)cc1. The van der Waals surface area contributed by atoms with Crippen molar-refractivity contribution in [1.82, 2.24) is 4.90 Å². The van der Waals surface area contributed by atoms with Crippen LogP contribution in [0.4, 0.5) is 18.9 Å². The van der Waals surface area contributed by atoms with Crippen molar-refractivity contribution in [2.45, 2.75) is 26.3 Å². The molecule has 0 saturated heterocycles. The quantitative estimate of drug-likeness (QED) is 0.775. The summed E-state index contributed by atoms with van der Waals surface area (Å²) in [5.41, 5.74) is 0.628. The van der Waals surface area contributed by atoms with Crippen LogP contribution in [0.15, 0.2) is 24.3 Å². The molecule has 0 amide bonds.